The molecular formula is C8H8BrN5S. The van der Waals surface area contributed by atoms with Gasteiger partial charge in [-0.2, -0.15) is 5.10 Å². The topological polar surface area (TPSA) is 46.8 Å². The molecule has 0 aromatic carbocycles. The lowest BCUT2D eigenvalue weighted by molar-refractivity contribution is 0.367. The standard InChI is InChI=1S/C8H8BrN5S/c9-6-1-11-14(2-6)7-3-13(4-7)8-12-10-5-15-8/h1-2,5,7H,3-4H2. The number of aromatic nitrogens is 4. The Morgan fingerprint density at radius 1 is 1.47 bits per heavy atom. The fraction of sp³-hybridized carbons (Fsp3) is 0.375. The van der Waals surface area contributed by atoms with Gasteiger partial charge in [0.25, 0.3) is 0 Å². The van der Waals surface area contributed by atoms with E-state index in [1.165, 1.54) is 0 Å². The molecule has 0 saturated carbocycles. The van der Waals surface area contributed by atoms with Gasteiger partial charge >= 0.3 is 0 Å². The zero-order chi connectivity index (χ0) is 10.3. The summed E-state index contributed by atoms with van der Waals surface area (Å²) < 4.78 is 3.01. The molecule has 3 rings (SSSR count). The van der Waals surface area contributed by atoms with Crippen LogP contribution in [0, 0.1) is 0 Å². The number of halogens is 1. The molecule has 0 aliphatic carbocycles. The van der Waals surface area contributed by atoms with Gasteiger partial charge in [-0.3, -0.25) is 4.68 Å². The molecule has 78 valence electrons. The van der Waals surface area contributed by atoms with E-state index in [1.807, 2.05) is 17.1 Å². The molecule has 0 N–H and O–H groups in total. The van der Waals surface area contributed by atoms with Crippen LogP contribution in [0.5, 0.6) is 0 Å². The van der Waals surface area contributed by atoms with E-state index in [0.29, 0.717) is 6.04 Å². The minimum Gasteiger partial charge on any atom is -0.342 e. The molecule has 2 aromatic rings. The Hall–Kier alpha value is -0.950. The van der Waals surface area contributed by atoms with Crippen LogP contribution in [0.15, 0.2) is 22.4 Å². The van der Waals surface area contributed by atoms with Crippen molar-refractivity contribution in [2.45, 2.75) is 6.04 Å². The fourth-order valence-electron chi connectivity index (χ4n) is 1.60. The largest absolute Gasteiger partial charge is 0.342 e. The number of nitrogens with zero attached hydrogens (tertiary/aromatic N) is 5. The Labute approximate surface area is 98.9 Å². The first kappa shape index (κ1) is 9.29. The molecule has 15 heavy (non-hydrogen) atoms. The second-order valence-corrected chi connectivity index (χ2v) is 5.15. The van der Waals surface area contributed by atoms with E-state index < -0.39 is 0 Å². The van der Waals surface area contributed by atoms with Crippen molar-refractivity contribution >= 4 is 32.4 Å². The maximum atomic E-state index is 4.26. The Balaban J connectivity index is 1.67. The van der Waals surface area contributed by atoms with E-state index >= 15 is 0 Å². The van der Waals surface area contributed by atoms with Crippen LogP contribution < -0.4 is 4.90 Å². The van der Waals surface area contributed by atoms with Gasteiger partial charge in [-0.15, -0.1) is 10.2 Å². The average molecular weight is 286 g/mol. The third kappa shape index (κ3) is 1.65. The Kier molecular flexibility index (Phi) is 2.21. The molecule has 1 aliphatic rings. The first-order valence-electron chi connectivity index (χ1n) is 4.54. The van der Waals surface area contributed by atoms with Crippen molar-refractivity contribution in [3.8, 4) is 0 Å². The molecule has 0 unspecified atom stereocenters. The van der Waals surface area contributed by atoms with Crippen LogP contribution in [0.1, 0.15) is 6.04 Å². The highest BCUT2D eigenvalue weighted by Gasteiger charge is 2.30. The Bertz CT molecular complexity index is 447. The second-order valence-electron chi connectivity index (χ2n) is 3.42. The van der Waals surface area contributed by atoms with Crippen LogP contribution in [-0.4, -0.2) is 33.1 Å². The third-order valence-corrected chi connectivity index (χ3v) is 3.59. The predicted octanol–water partition coefficient (Wildman–Crippen LogP) is 1.56. The fourth-order valence-corrected chi connectivity index (χ4v) is 2.48. The zero-order valence-corrected chi connectivity index (χ0v) is 10.1. The molecule has 1 saturated heterocycles. The van der Waals surface area contributed by atoms with Crippen molar-refractivity contribution in [3.05, 3.63) is 22.4 Å². The summed E-state index contributed by atoms with van der Waals surface area (Å²) in [7, 11) is 0. The zero-order valence-electron chi connectivity index (χ0n) is 7.75. The highest BCUT2D eigenvalue weighted by atomic mass is 79.9. The van der Waals surface area contributed by atoms with Gasteiger partial charge in [0.05, 0.1) is 16.7 Å². The van der Waals surface area contributed by atoms with Crippen LogP contribution in [0.4, 0.5) is 5.13 Å². The van der Waals surface area contributed by atoms with Gasteiger partial charge in [0.15, 0.2) is 0 Å². The first-order valence-corrected chi connectivity index (χ1v) is 6.21. The number of anilines is 1. The SMILES string of the molecule is Brc1cnn(C2CN(c3nncs3)C2)c1. The van der Waals surface area contributed by atoms with E-state index in [2.05, 4.69) is 36.1 Å². The van der Waals surface area contributed by atoms with Gasteiger partial charge in [-0.1, -0.05) is 11.3 Å². The Morgan fingerprint density at radius 2 is 2.33 bits per heavy atom. The normalized spacial score (nSPS) is 16.7. The van der Waals surface area contributed by atoms with Crippen molar-refractivity contribution in [1.82, 2.24) is 20.0 Å². The lowest BCUT2D eigenvalue weighted by Gasteiger charge is -2.38. The molecule has 3 heterocycles. The summed E-state index contributed by atoms with van der Waals surface area (Å²) in [6, 6.07) is 0.459. The van der Waals surface area contributed by atoms with Crippen LogP contribution in [0.3, 0.4) is 0 Å². The van der Waals surface area contributed by atoms with Crippen molar-refractivity contribution < 1.29 is 0 Å². The van der Waals surface area contributed by atoms with Crippen molar-refractivity contribution in [1.29, 1.82) is 0 Å². The van der Waals surface area contributed by atoms with Gasteiger partial charge in [0.1, 0.15) is 5.51 Å². The lowest BCUT2D eigenvalue weighted by atomic mass is 10.1. The molecule has 0 spiro atoms. The summed E-state index contributed by atoms with van der Waals surface area (Å²) in [5.74, 6) is 0. The number of rotatable bonds is 2. The van der Waals surface area contributed by atoms with E-state index in [-0.39, 0.29) is 0 Å². The minimum absolute atomic E-state index is 0.459. The average Bonchev–Trinajstić information content (AvgIpc) is 2.74. The molecule has 1 fully saturated rings. The van der Waals surface area contributed by atoms with E-state index in [4.69, 9.17) is 0 Å². The van der Waals surface area contributed by atoms with Gasteiger partial charge in [0, 0.05) is 19.3 Å². The molecular weight excluding hydrogens is 278 g/mol. The molecule has 0 amide bonds. The van der Waals surface area contributed by atoms with Crippen LogP contribution in [-0.2, 0) is 0 Å². The van der Waals surface area contributed by atoms with E-state index in [0.717, 1.165) is 22.7 Å². The summed E-state index contributed by atoms with van der Waals surface area (Å²) in [5.41, 5.74) is 1.76. The number of hydrogen-bond acceptors (Lipinski definition) is 5. The van der Waals surface area contributed by atoms with Gasteiger partial charge < -0.3 is 4.90 Å². The van der Waals surface area contributed by atoms with Gasteiger partial charge in [-0.25, -0.2) is 0 Å². The third-order valence-electron chi connectivity index (χ3n) is 2.43. The summed E-state index contributed by atoms with van der Waals surface area (Å²) in [6.07, 6.45) is 3.82. The first-order chi connectivity index (χ1) is 7.33. The van der Waals surface area contributed by atoms with Crippen molar-refractivity contribution in [2.75, 3.05) is 18.0 Å². The van der Waals surface area contributed by atoms with Crippen LogP contribution in [0.2, 0.25) is 0 Å². The van der Waals surface area contributed by atoms with Crippen molar-refractivity contribution in [3.63, 3.8) is 0 Å². The maximum Gasteiger partial charge on any atom is 0.208 e. The second kappa shape index (κ2) is 3.57. The molecule has 7 heteroatoms. The highest BCUT2D eigenvalue weighted by Crippen LogP contribution is 2.28. The minimum atomic E-state index is 0.459. The number of hydrogen-bond donors (Lipinski definition) is 0. The van der Waals surface area contributed by atoms with Crippen LogP contribution in [0.25, 0.3) is 0 Å². The summed E-state index contributed by atoms with van der Waals surface area (Å²) >= 11 is 4.96. The van der Waals surface area contributed by atoms with Crippen LogP contribution >= 0.6 is 27.3 Å². The molecule has 1 aliphatic heterocycles. The molecule has 2 aromatic heterocycles. The summed E-state index contributed by atoms with van der Waals surface area (Å²) in [5, 5.41) is 13.1. The predicted molar refractivity (Wildman–Crippen MR) is 61.1 cm³/mol. The lowest BCUT2D eigenvalue weighted by Crippen LogP contribution is -2.48. The summed E-state index contributed by atoms with van der Waals surface area (Å²) in [6.45, 7) is 1.92. The molecule has 0 bridgehead atoms. The summed E-state index contributed by atoms with van der Waals surface area (Å²) in [4.78, 5) is 2.21. The quantitative estimate of drug-likeness (QED) is 0.840. The van der Waals surface area contributed by atoms with E-state index in [1.54, 1.807) is 16.8 Å². The van der Waals surface area contributed by atoms with E-state index in [9.17, 15) is 0 Å². The van der Waals surface area contributed by atoms with Crippen molar-refractivity contribution in [2.24, 2.45) is 0 Å². The maximum absolute atomic E-state index is 4.26. The smallest absolute Gasteiger partial charge is 0.208 e. The van der Waals surface area contributed by atoms with Gasteiger partial charge in [0.2, 0.25) is 5.13 Å². The molecule has 5 nitrogen and oxygen atoms in total. The monoisotopic (exact) mass is 285 g/mol. The molecule has 0 atom stereocenters. The molecule has 0 radical (unpaired) electrons. The van der Waals surface area contributed by atoms with Gasteiger partial charge in [-0.05, 0) is 15.9 Å². The Morgan fingerprint density at radius 3 is 2.93 bits per heavy atom. The highest BCUT2D eigenvalue weighted by molar-refractivity contribution is 9.10.